The van der Waals surface area contributed by atoms with E-state index < -0.39 is 18.2 Å². The second-order valence-electron chi connectivity index (χ2n) is 16.9. The number of unbranched alkanes of at least 4 members (excludes halogenated alkanes) is 17. The van der Waals surface area contributed by atoms with Crippen LogP contribution in [-0.4, -0.2) is 46.9 Å². The highest BCUT2D eigenvalue weighted by atomic mass is 16.5. The van der Waals surface area contributed by atoms with Gasteiger partial charge >= 0.3 is 5.97 Å². The van der Waals surface area contributed by atoms with Crippen molar-refractivity contribution >= 4 is 11.9 Å². The summed E-state index contributed by atoms with van der Waals surface area (Å²) < 4.78 is 5.80. The highest BCUT2D eigenvalue weighted by Gasteiger charge is 2.23. The smallest absolute Gasteiger partial charge is 0.306 e. The quantitative estimate of drug-likeness (QED) is 0.0245. The van der Waals surface area contributed by atoms with Gasteiger partial charge < -0.3 is 20.3 Å². The molecule has 0 radical (unpaired) electrons. The zero-order valence-corrected chi connectivity index (χ0v) is 41.1. The minimum Gasteiger partial charge on any atom is -0.458 e. The first-order valence-electron chi connectivity index (χ1n) is 25.8. The van der Waals surface area contributed by atoms with Gasteiger partial charge in [-0.3, -0.25) is 9.59 Å². The number of rotatable bonds is 44. The van der Waals surface area contributed by atoms with Crippen molar-refractivity contribution in [1.82, 2.24) is 5.32 Å². The van der Waals surface area contributed by atoms with Crippen LogP contribution in [0.2, 0.25) is 0 Å². The predicted octanol–water partition coefficient (Wildman–Crippen LogP) is 15.7. The van der Waals surface area contributed by atoms with Gasteiger partial charge in [0.2, 0.25) is 5.91 Å². The van der Waals surface area contributed by atoms with Crippen molar-refractivity contribution in [3.8, 4) is 0 Å². The molecule has 0 spiro atoms. The molecule has 362 valence electrons. The third-order valence-electron chi connectivity index (χ3n) is 10.9. The maximum atomic E-state index is 13.2. The van der Waals surface area contributed by atoms with Crippen molar-refractivity contribution in [2.75, 3.05) is 6.61 Å². The first-order chi connectivity index (χ1) is 31.5. The topological polar surface area (TPSA) is 95.9 Å². The zero-order chi connectivity index (χ0) is 46.7. The van der Waals surface area contributed by atoms with Gasteiger partial charge in [-0.2, -0.15) is 0 Å². The molecule has 6 nitrogen and oxygen atoms in total. The standard InChI is InChI=1S/C58H95NO5/c1-4-7-10-13-16-19-22-25-27-28-30-32-34-37-40-43-46-49-54(64-58(63)51-48-45-42-39-36-31-24-21-18-15-12-9-6-3)52-57(62)59-55(53-60)56(61)50-47-44-41-38-35-33-29-26-23-20-17-14-11-8-5-2/h7,9-10,12,15-16,18-19,21,24-25,27,30-32,36-37,40,46,49,54-56,60-61H,4-6,8,11,13-14,17,20,22-23,26,28-29,33-35,38-39,41-45,47-48,50-53H2,1-3H3,(H,59,62)/b10-7-,12-9+,18-15+,19-16-,24-21-,27-25-,32-30-,36-31-,40-37-,49-46-. The van der Waals surface area contributed by atoms with E-state index in [0.717, 1.165) is 83.5 Å². The molecule has 0 rings (SSSR count). The lowest BCUT2D eigenvalue weighted by Crippen LogP contribution is -2.46. The number of carbonyl (C=O) groups is 2. The summed E-state index contributed by atoms with van der Waals surface area (Å²) in [6.45, 7) is 6.17. The van der Waals surface area contributed by atoms with Crippen LogP contribution in [0.5, 0.6) is 0 Å². The van der Waals surface area contributed by atoms with Crippen molar-refractivity contribution in [1.29, 1.82) is 0 Å². The fourth-order valence-corrected chi connectivity index (χ4v) is 7.02. The normalized spacial score (nSPS) is 14.3. The van der Waals surface area contributed by atoms with Crippen LogP contribution in [0.25, 0.3) is 0 Å². The van der Waals surface area contributed by atoms with E-state index in [4.69, 9.17) is 4.74 Å². The number of carbonyl (C=O) groups excluding carboxylic acids is 2. The van der Waals surface area contributed by atoms with Gasteiger partial charge in [-0.1, -0.05) is 239 Å². The van der Waals surface area contributed by atoms with Gasteiger partial charge in [0.1, 0.15) is 6.10 Å². The lowest BCUT2D eigenvalue weighted by atomic mass is 10.0. The highest BCUT2D eigenvalue weighted by molar-refractivity contribution is 5.78. The Labute approximate surface area is 393 Å². The molecular weight excluding hydrogens is 791 g/mol. The van der Waals surface area contributed by atoms with E-state index in [-0.39, 0.29) is 31.3 Å². The van der Waals surface area contributed by atoms with E-state index in [1.165, 1.54) is 77.0 Å². The van der Waals surface area contributed by atoms with Crippen LogP contribution in [-0.2, 0) is 14.3 Å². The third-order valence-corrected chi connectivity index (χ3v) is 10.9. The summed E-state index contributed by atoms with van der Waals surface area (Å²) in [5, 5.41) is 23.7. The summed E-state index contributed by atoms with van der Waals surface area (Å²) in [4.78, 5) is 26.1. The Morgan fingerprint density at radius 3 is 1.44 bits per heavy atom. The maximum absolute atomic E-state index is 13.2. The average molecular weight is 886 g/mol. The number of ether oxygens (including phenoxy) is 1. The van der Waals surface area contributed by atoms with Crippen LogP contribution in [0.3, 0.4) is 0 Å². The molecule has 64 heavy (non-hydrogen) atoms. The van der Waals surface area contributed by atoms with E-state index in [1.807, 2.05) is 42.5 Å². The summed E-state index contributed by atoms with van der Waals surface area (Å²) in [6.07, 6.45) is 70.0. The Morgan fingerprint density at radius 1 is 0.500 bits per heavy atom. The first kappa shape index (κ1) is 60.3. The van der Waals surface area contributed by atoms with Gasteiger partial charge in [0.25, 0.3) is 0 Å². The van der Waals surface area contributed by atoms with Crippen LogP contribution in [0.4, 0.5) is 0 Å². The fourth-order valence-electron chi connectivity index (χ4n) is 7.02. The third kappa shape index (κ3) is 44.9. The SMILES string of the molecule is CC/C=C\C/C=C\C/C=C\C/C=C\C/C=C\C/C=C\C(CC(=O)NC(CO)C(O)CCCCCCCCCCCCCCCCC)OC(=O)CCCCC\C=C/C=C\C=C\C=C\CC. The molecular formula is C58H95NO5. The van der Waals surface area contributed by atoms with E-state index in [1.54, 1.807) is 6.08 Å². The molecule has 0 saturated heterocycles. The van der Waals surface area contributed by atoms with Crippen LogP contribution in [0.1, 0.15) is 207 Å². The van der Waals surface area contributed by atoms with Crippen LogP contribution < -0.4 is 5.32 Å². The van der Waals surface area contributed by atoms with E-state index in [0.29, 0.717) is 12.8 Å². The summed E-state index contributed by atoms with van der Waals surface area (Å²) in [7, 11) is 0. The monoisotopic (exact) mass is 886 g/mol. The molecule has 0 aromatic carbocycles. The van der Waals surface area contributed by atoms with Gasteiger partial charge in [0, 0.05) is 6.42 Å². The molecule has 6 heteroatoms. The molecule has 0 fully saturated rings. The average Bonchev–Trinajstić information content (AvgIpc) is 3.29. The number of hydrogen-bond donors (Lipinski definition) is 3. The summed E-state index contributed by atoms with van der Waals surface area (Å²) in [5.41, 5.74) is 0. The minimum atomic E-state index is -0.835. The maximum Gasteiger partial charge on any atom is 0.306 e. The zero-order valence-electron chi connectivity index (χ0n) is 41.1. The second kappa shape index (κ2) is 50.3. The van der Waals surface area contributed by atoms with Crippen molar-refractivity contribution in [3.05, 3.63) is 122 Å². The van der Waals surface area contributed by atoms with E-state index in [9.17, 15) is 19.8 Å². The predicted molar refractivity (Wildman–Crippen MR) is 277 cm³/mol. The number of allylic oxidation sites excluding steroid dienone is 19. The Bertz CT molecular complexity index is 1360. The van der Waals surface area contributed by atoms with Crippen molar-refractivity contribution in [2.45, 2.75) is 225 Å². The van der Waals surface area contributed by atoms with Gasteiger partial charge in [-0.15, -0.1) is 0 Å². The first-order valence-corrected chi connectivity index (χ1v) is 25.8. The Hall–Kier alpha value is -3.74. The van der Waals surface area contributed by atoms with Crippen LogP contribution >= 0.6 is 0 Å². The molecule has 0 saturated carbocycles. The molecule has 3 N–H and O–H groups in total. The van der Waals surface area contributed by atoms with Crippen molar-refractivity contribution < 1.29 is 24.5 Å². The summed E-state index contributed by atoms with van der Waals surface area (Å²) in [6, 6.07) is -0.760. The number of esters is 1. The number of aliphatic hydroxyl groups is 2. The summed E-state index contributed by atoms with van der Waals surface area (Å²) >= 11 is 0. The van der Waals surface area contributed by atoms with Gasteiger partial charge in [-0.05, 0) is 76.7 Å². The number of aliphatic hydroxyl groups excluding tert-OH is 2. The van der Waals surface area contributed by atoms with Crippen LogP contribution in [0, 0.1) is 0 Å². The molecule has 0 aromatic rings. The minimum absolute atomic E-state index is 0.0710. The fraction of sp³-hybridized carbons (Fsp3) is 0.621. The van der Waals surface area contributed by atoms with Gasteiger partial charge in [-0.25, -0.2) is 0 Å². The second-order valence-corrected chi connectivity index (χ2v) is 16.9. The molecule has 0 aliphatic heterocycles. The molecule has 0 bridgehead atoms. The van der Waals surface area contributed by atoms with E-state index in [2.05, 4.69) is 99.0 Å². The van der Waals surface area contributed by atoms with Crippen molar-refractivity contribution in [2.24, 2.45) is 0 Å². The largest absolute Gasteiger partial charge is 0.458 e. The number of amides is 1. The van der Waals surface area contributed by atoms with E-state index >= 15 is 0 Å². The molecule has 0 aromatic heterocycles. The Kier molecular flexibility index (Phi) is 47.3. The summed E-state index contributed by atoms with van der Waals surface area (Å²) in [5.74, 6) is -0.688. The molecule has 0 aliphatic rings. The number of hydrogen-bond acceptors (Lipinski definition) is 5. The highest BCUT2D eigenvalue weighted by Crippen LogP contribution is 2.15. The Balaban J connectivity index is 4.83. The van der Waals surface area contributed by atoms with Crippen molar-refractivity contribution in [3.63, 3.8) is 0 Å². The molecule has 3 unspecified atom stereocenters. The molecule has 3 atom stereocenters. The molecule has 0 heterocycles. The van der Waals surface area contributed by atoms with Crippen LogP contribution in [0.15, 0.2) is 122 Å². The molecule has 1 amide bonds. The Morgan fingerprint density at radius 2 is 0.938 bits per heavy atom. The molecule has 0 aliphatic carbocycles. The number of nitrogens with one attached hydrogen (secondary N) is 1. The van der Waals surface area contributed by atoms with Gasteiger partial charge in [0.15, 0.2) is 0 Å². The van der Waals surface area contributed by atoms with Gasteiger partial charge in [0.05, 0.1) is 25.2 Å². The lowest BCUT2D eigenvalue weighted by molar-refractivity contribution is -0.148. The lowest BCUT2D eigenvalue weighted by Gasteiger charge is -2.23.